The topological polar surface area (TPSA) is 63.5 Å². The van der Waals surface area contributed by atoms with Crippen LogP contribution in [0.15, 0.2) is 18.2 Å². The highest BCUT2D eigenvalue weighted by Crippen LogP contribution is 2.34. The fraction of sp³-hybridized carbons (Fsp3) is 0.533. The molecular formula is C15H19ClN2O3. The monoisotopic (exact) mass is 310 g/mol. The molecule has 0 spiro atoms. The molecule has 0 bridgehead atoms. The maximum atomic E-state index is 12.5. The first-order valence-electron chi connectivity index (χ1n) is 6.93. The summed E-state index contributed by atoms with van der Waals surface area (Å²) >= 11 is 5.77. The van der Waals surface area contributed by atoms with Gasteiger partial charge in [-0.1, -0.05) is 32.4 Å². The summed E-state index contributed by atoms with van der Waals surface area (Å²) in [5, 5.41) is 10.9. The van der Waals surface area contributed by atoms with Gasteiger partial charge in [-0.05, 0) is 29.9 Å². The van der Waals surface area contributed by atoms with Crippen molar-refractivity contribution in [2.45, 2.75) is 27.2 Å². The van der Waals surface area contributed by atoms with Crippen LogP contribution in [0.2, 0.25) is 5.02 Å². The van der Waals surface area contributed by atoms with E-state index in [0.29, 0.717) is 24.6 Å². The molecule has 2 rings (SSSR count). The fourth-order valence-corrected chi connectivity index (χ4v) is 2.81. The summed E-state index contributed by atoms with van der Waals surface area (Å²) in [4.78, 5) is 24.6. The molecule has 0 aromatic heterocycles. The second-order valence-corrected chi connectivity index (χ2v) is 6.93. The molecule has 1 aliphatic rings. The van der Waals surface area contributed by atoms with E-state index in [1.54, 1.807) is 11.0 Å². The van der Waals surface area contributed by atoms with E-state index in [1.165, 1.54) is 12.1 Å². The number of halogens is 1. The first-order chi connectivity index (χ1) is 9.70. The summed E-state index contributed by atoms with van der Waals surface area (Å²) in [5.74, 6) is 0.283. The highest BCUT2D eigenvalue weighted by atomic mass is 35.5. The SMILES string of the molecule is CC(C)(C)C1CCN(C(=O)c2ccc(Cl)c([N+](=O)[O-])c2)C1. The number of rotatable bonds is 2. The van der Waals surface area contributed by atoms with Crippen molar-refractivity contribution in [1.29, 1.82) is 0 Å². The lowest BCUT2D eigenvalue weighted by Gasteiger charge is -2.27. The lowest BCUT2D eigenvalue weighted by Crippen LogP contribution is -2.31. The Morgan fingerprint density at radius 3 is 2.62 bits per heavy atom. The van der Waals surface area contributed by atoms with E-state index < -0.39 is 4.92 Å². The Labute approximate surface area is 129 Å². The number of nitro groups is 1. The van der Waals surface area contributed by atoms with E-state index in [0.717, 1.165) is 6.42 Å². The predicted octanol–water partition coefficient (Wildman–Crippen LogP) is 3.76. The second kappa shape index (κ2) is 5.64. The molecule has 1 aliphatic heterocycles. The van der Waals surface area contributed by atoms with Crippen LogP contribution in [0, 0.1) is 21.4 Å². The minimum absolute atomic E-state index is 0.0468. The van der Waals surface area contributed by atoms with Crippen molar-refractivity contribution in [1.82, 2.24) is 4.90 Å². The van der Waals surface area contributed by atoms with Gasteiger partial charge in [0.2, 0.25) is 0 Å². The van der Waals surface area contributed by atoms with Crippen molar-refractivity contribution < 1.29 is 9.72 Å². The Hall–Kier alpha value is -1.62. The summed E-state index contributed by atoms with van der Waals surface area (Å²) < 4.78 is 0. The second-order valence-electron chi connectivity index (χ2n) is 6.53. The predicted molar refractivity (Wildman–Crippen MR) is 81.6 cm³/mol. The molecule has 0 saturated carbocycles. The largest absolute Gasteiger partial charge is 0.338 e. The Kier molecular flexibility index (Phi) is 4.23. The summed E-state index contributed by atoms with van der Waals surface area (Å²) in [5.41, 5.74) is 0.246. The number of carbonyl (C=O) groups excluding carboxylic acids is 1. The zero-order valence-corrected chi connectivity index (χ0v) is 13.2. The third-order valence-corrected chi connectivity index (χ3v) is 4.41. The van der Waals surface area contributed by atoms with Crippen molar-refractivity contribution in [2.75, 3.05) is 13.1 Å². The van der Waals surface area contributed by atoms with Crippen molar-refractivity contribution in [3.63, 3.8) is 0 Å². The van der Waals surface area contributed by atoms with E-state index in [2.05, 4.69) is 20.8 Å². The number of nitrogens with zero attached hydrogens (tertiary/aromatic N) is 2. The third kappa shape index (κ3) is 3.35. The smallest absolute Gasteiger partial charge is 0.288 e. The van der Waals surface area contributed by atoms with Gasteiger partial charge >= 0.3 is 0 Å². The van der Waals surface area contributed by atoms with Crippen LogP contribution >= 0.6 is 11.6 Å². The van der Waals surface area contributed by atoms with E-state index in [-0.39, 0.29) is 22.0 Å². The van der Waals surface area contributed by atoms with Gasteiger partial charge in [0.05, 0.1) is 4.92 Å². The zero-order valence-electron chi connectivity index (χ0n) is 12.4. The number of hydrogen-bond acceptors (Lipinski definition) is 3. The summed E-state index contributed by atoms with van der Waals surface area (Å²) in [7, 11) is 0. The number of nitro benzene ring substituents is 1. The van der Waals surface area contributed by atoms with Crippen LogP contribution in [-0.4, -0.2) is 28.8 Å². The molecule has 0 aliphatic carbocycles. The van der Waals surface area contributed by atoms with Gasteiger partial charge in [-0.15, -0.1) is 0 Å². The molecule has 0 N–H and O–H groups in total. The quantitative estimate of drug-likeness (QED) is 0.617. The van der Waals surface area contributed by atoms with Crippen LogP contribution in [0.4, 0.5) is 5.69 Å². The van der Waals surface area contributed by atoms with Crippen LogP contribution in [0.25, 0.3) is 0 Å². The molecule has 1 atom stereocenters. The zero-order chi connectivity index (χ0) is 15.8. The van der Waals surface area contributed by atoms with Crippen LogP contribution < -0.4 is 0 Å². The standard InChI is InChI=1S/C15H19ClN2O3/c1-15(2,3)11-6-7-17(9-11)14(19)10-4-5-12(16)13(8-10)18(20)21/h4-5,8,11H,6-7,9H2,1-3H3. The van der Waals surface area contributed by atoms with Gasteiger partial charge in [0.1, 0.15) is 5.02 Å². The Bertz CT molecular complexity index is 581. The van der Waals surface area contributed by atoms with Crippen molar-refractivity contribution in [3.8, 4) is 0 Å². The first kappa shape index (κ1) is 15.8. The summed E-state index contributed by atoms with van der Waals surface area (Å²) in [6.45, 7) is 7.88. The molecule has 1 unspecified atom stereocenters. The van der Waals surface area contributed by atoms with Crippen LogP contribution in [-0.2, 0) is 0 Å². The maximum Gasteiger partial charge on any atom is 0.288 e. The van der Waals surface area contributed by atoms with Crippen LogP contribution in [0.5, 0.6) is 0 Å². The van der Waals surface area contributed by atoms with Gasteiger partial charge in [0.25, 0.3) is 11.6 Å². The van der Waals surface area contributed by atoms with Crippen molar-refractivity contribution >= 4 is 23.2 Å². The van der Waals surface area contributed by atoms with Gasteiger partial charge in [0, 0.05) is 24.7 Å². The van der Waals surface area contributed by atoms with Crippen molar-refractivity contribution in [3.05, 3.63) is 38.9 Å². The molecule has 1 heterocycles. The molecule has 6 heteroatoms. The molecule has 21 heavy (non-hydrogen) atoms. The molecule has 1 fully saturated rings. The van der Waals surface area contributed by atoms with Crippen LogP contribution in [0.3, 0.4) is 0 Å². The molecule has 1 amide bonds. The van der Waals surface area contributed by atoms with E-state index >= 15 is 0 Å². The minimum atomic E-state index is -0.568. The Morgan fingerprint density at radius 1 is 1.43 bits per heavy atom. The van der Waals surface area contributed by atoms with Gasteiger partial charge in [-0.2, -0.15) is 0 Å². The lowest BCUT2D eigenvalue weighted by atomic mass is 9.80. The molecule has 1 aromatic carbocycles. The van der Waals surface area contributed by atoms with Gasteiger partial charge < -0.3 is 4.90 Å². The third-order valence-electron chi connectivity index (χ3n) is 4.09. The highest BCUT2D eigenvalue weighted by molar-refractivity contribution is 6.32. The number of benzene rings is 1. The van der Waals surface area contributed by atoms with E-state index in [4.69, 9.17) is 11.6 Å². The molecule has 0 radical (unpaired) electrons. The minimum Gasteiger partial charge on any atom is -0.338 e. The average molecular weight is 311 g/mol. The highest BCUT2D eigenvalue weighted by Gasteiger charge is 2.34. The van der Waals surface area contributed by atoms with Gasteiger partial charge in [0.15, 0.2) is 0 Å². The average Bonchev–Trinajstić information content (AvgIpc) is 2.87. The van der Waals surface area contributed by atoms with Gasteiger partial charge in [-0.3, -0.25) is 14.9 Å². The molecule has 1 saturated heterocycles. The maximum absolute atomic E-state index is 12.5. The normalized spacial score (nSPS) is 18.9. The Morgan fingerprint density at radius 2 is 2.10 bits per heavy atom. The van der Waals surface area contributed by atoms with Crippen molar-refractivity contribution in [2.24, 2.45) is 11.3 Å². The number of carbonyl (C=O) groups is 1. The number of amides is 1. The first-order valence-corrected chi connectivity index (χ1v) is 7.31. The lowest BCUT2D eigenvalue weighted by molar-refractivity contribution is -0.384. The number of hydrogen-bond donors (Lipinski definition) is 0. The molecule has 114 valence electrons. The van der Waals surface area contributed by atoms with E-state index in [1.807, 2.05) is 0 Å². The summed E-state index contributed by atoms with van der Waals surface area (Å²) in [6, 6.07) is 4.21. The molecular weight excluding hydrogens is 292 g/mol. The van der Waals surface area contributed by atoms with E-state index in [9.17, 15) is 14.9 Å². The van der Waals surface area contributed by atoms with Crippen LogP contribution in [0.1, 0.15) is 37.6 Å². The Balaban J connectivity index is 2.18. The molecule has 1 aromatic rings. The molecule has 5 nitrogen and oxygen atoms in total. The fourth-order valence-electron chi connectivity index (χ4n) is 2.62. The van der Waals surface area contributed by atoms with Gasteiger partial charge in [-0.25, -0.2) is 0 Å². The summed E-state index contributed by atoms with van der Waals surface area (Å²) in [6.07, 6.45) is 0.963. The number of likely N-dealkylation sites (tertiary alicyclic amines) is 1.